The number of carbonyl (C=O) groups excluding carboxylic acids is 1. The van der Waals surface area contributed by atoms with E-state index < -0.39 is 0 Å². The molecule has 0 fully saturated rings. The third-order valence-electron chi connectivity index (χ3n) is 4.19. The number of nitrogens with zero attached hydrogens (tertiary/aromatic N) is 4. The first-order valence-corrected chi connectivity index (χ1v) is 9.04. The minimum absolute atomic E-state index is 0.0505. The molecule has 0 aliphatic rings. The maximum Gasteiger partial charge on any atom is 0.227 e. The molecule has 3 heterocycles. The predicted octanol–water partition coefficient (Wildman–Crippen LogP) is 2.96. The maximum absolute atomic E-state index is 12.2. The zero-order valence-corrected chi connectivity index (χ0v) is 15.6. The van der Waals surface area contributed by atoms with E-state index >= 15 is 0 Å². The summed E-state index contributed by atoms with van der Waals surface area (Å²) >= 11 is 1.58. The summed E-state index contributed by atoms with van der Waals surface area (Å²) in [6, 6.07) is 1.84. The van der Waals surface area contributed by atoms with E-state index in [9.17, 15) is 4.79 Å². The summed E-state index contributed by atoms with van der Waals surface area (Å²) in [5.74, 6) is 0.981. The number of aromatic nitrogens is 4. The van der Waals surface area contributed by atoms with E-state index in [4.69, 9.17) is 4.52 Å². The number of amides is 1. The SMILES string of the molecule is Cc1nn(C)c(C)c1C(C)NC(=O)CCc1nc(-c2ccsc2)no1. The van der Waals surface area contributed by atoms with Crippen molar-refractivity contribution in [2.24, 2.45) is 7.05 Å². The minimum Gasteiger partial charge on any atom is -0.349 e. The van der Waals surface area contributed by atoms with Crippen LogP contribution in [0.1, 0.15) is 42.2 Å². The van der Waals surface area contributed by atoms with Crippen LogP contribution in [0.4, 0.5) is 0 Å². The number of hydrogen-bond acceptors (Lipinski definition) is 6. The van der Waals surface area contributed by atoms with Gasteiger partial charge < -0.3 is 9.84 Å². The predicted molar refractivity (Wildman–Crippen MR) is 95.2 cm³/mol. The van der Waals surface area contributed by atoms with E-state index in [1.54, 1.807) is 11.3 Å². The van der Waals surface area contributed by atoms with E-state index in [0.29, 0.717) is 24.6 Å². The number of carbonyl (C=O) groups is 1. The molecule has 25 heavy (non-hydrogen) atoms. The summed E-state index contributed by atoms with van der Waals surface area (Å²) in [6.45, 7) is 5.92. The van der Waals surface area contributed by atoms with Crippen molar-refractivity contribution in [3.05, 3.63) is 39.7 Å². The molecule has 1 amide bonds. The van der Waals surface area contributed by atoms with Crippen LogP contribution in [-0.4, -0.2) is 25.8 Å². The van der Waals surface area contributed by atoms with Crippen LogP contribution in [0.25, 0.3) is 11.4 Å². The van der Waals surface area contributed by atoms with Crippen molar-refractivity contribution in [2.75, 3.05) is 0 Å². The largest absolute Gasteiger partial charge is 0.349 e. The standard InChI is InChI=1S/C17H21N5O2S/c1-10(16-11(2)20-22(4)12(16)3)18-14(23)5-6-15-19-17(21-24-15)13-7-8-25-9-13/h7-10H,5-6H2,1-4H3,(H,18,23). The quantitative estimate of drug-likeness (QED) is 0.731. The Balaban J connectivity index is 1.56. The highest BCUT2D eigenvalue weighted by molar-refractivity contribution is 7.08. The maximum atomic E-state index is 12.2. The van der Waals surface area contributed by atoms with E-state index in [-0.39, 0.29) is 11.9 Å². The zero-order chi connectivity index (χ0) is 18.0. The van der Waals surface area contributed by atoms with Crippen LogP contribution in [0.15, 0.2) is 21.3 Å². The molecule has 0 radical (unpaired) electrons. The Hall–Kier alpha value is -2.48. The number of aryl methyl sites for hydroxylation is 3. The van der Waals surface area contributed by atoms with Crippen LogP contribution in [-0.2, 0) is 18.3 Å². The Morgan fingerprint density at radius 3 is 2.88 bits per heavy atom. The van der Waals surface area contributed by atoms with Crippen molar-refractivity contribution >= 4 is 17.2 Å². The number of thiophene rings is 1. The third kappa shape index (κ3) is 3.79. The molecular weight excluding hydrogens is 338 g/mol. The Kier molecular flexibility index (Phi) is 4.98. The molecule has 7 nitrogen and oxygen atoms in total. The van der Waals surface area contributed by atoms with Crippen LogP contribution >= 0.6 is 11.3 Å². The van der Waals surface area contributed by atoms with E-state index in [0.717, 1.165) is 22.5 Å². The summed E-state index contributed by atoms with van der Waals surface area (Å²) < 4.78 is 7.05. The van der Waals surface area contributed by atoms with Crippen molar-refractivity contribution in [1.29, 1.82) is 0 Å². The Morgan fingerprint density at radius 1 is 1.44 bits per heavy atom. The van der Waals surface area contributed by atoms with Gasteiger partial charge in [0.2, 0.25) is 17.6 Å². The van der Waals surface area contributed by atoms with Gasteiger partial charge in [0, 0.05) is 42.1 Å². The second kappa shape index (κ2) is 7.18. The lowest BCUT2D eigenvalue weighted by atomic mass is 10.1. The van der Waals surface area contributed by atoms with Gasteiger partial charge in [-0.3, -0.25) is 9.48 Å². The van der Waals surface area contributed by atoms with Crippen LogP contribution in [0.3, 0.4) is 0 Å². The van der Waals surface area contributed by atoms with Crippen molar-refractivity contribution in [3.63, 3.8) is 0 Å². The van der Waals surface area contributed by atoms with Gasteiger partial charge in [-0.2, -0.15) is 21.4 Å². The fourth-order valence-corrected chi connectivity index (χ4v) is 3.52. The van der Waals surface area contributed by atoms with Crippen molar-refractivity contribution < 1.29 is 9.32 Å². The molecule has 0 bridgehead atoms. The molecule has 1 N–H and O–H groups in total. The molecule has 0 saturated carbocycles. The third-order valence-corrected chi connectivity index (χ3v) is 4.87. The van der Waals surface area contributed by atoms with Crippen LogP contribution in [0.2, 0.25) is 0 Å². The summed E-state index contributed by atoms with van der Waals surface area (Å²) in [6.07, 6.45) is 0.717. The average molecular weight is 359 g/mol. The Morgan fingerprint density at radius 2 is 2.24 bits per heavy atom. The minimum atomic E-state index is -0.0924. The summed E-state index contributed by atoms with van der Waals surface area (Å²) in [4.78, 5) is 16.6. The normalized spacial score (nSPS) is 12.3. The lowest BCUT2D eigenvalue weighted by molar-refractivity contribution is -0.121. The lowest BCUT2D eigenvalue weighted by Gasteiger charge is -2.14. The molecule has 3 aromatic rings. The number of rotatable bonds is 6. The van der Waals surface area contributed by atoms with Gasteiger partial charge in [-0.1, -0.05) is 5.16 Å². The van der Waals surface area contributed by atoms with Gasteiger partial charge in [-0.05, 0) is 32.2 Å². The van der Waals surface area contributed by atoms with Crippen LogP contribution in [0, 0.1) is 13.8 Å². The fraction of sp³-hybridized carbons (Fsp3) is 0.412. The van der Waals surface area contributed by atoms with Gasteiger partial charge in [-0.15, -0.1) is 0 Å². The summed E-state index contributed by atoms with van der Waals surface area (Å²) in [5, 5.41) is 15.3. The molecule has 1 atom stereocenters. The molecule has 0 aliphatic heterocycles. The zero-order valence-electron chi connectivity index (χ0n) is 14.7. The van der Waals surface area contributed by atoms with E-state index in [1.165, 1.54) is 0 Å². The van der Waals surface area contributed by atoms with Crippen molar-refractivity contribution in [3.8, 4) is 11.4 Å². The molecule has 0 spiro atoms. The second-order valence-electron chi connectivity index (χ2n) is 6.02. The van der Waals surface area contributed by atoms with Crippen molar-refractivity contribution in [2.45, 2.75) is 39.7 Å². The summed E-state index contributed by atoms with van der Waals surface area (Å²) in [5.41, 5.74) is 3.99. The van der Waals surface area contributed by atoms with Gasteiger partial charge in [0.1, 0.15) is 0 Å². The molecular formula is C17H21N5O2S. The van der Waals surface area contributed by atoms with Gasteiger partial charge in [0.25, 0.3) is 0 Å². The second-order valence-corrected chi connectivity index (χ2v) is 6.80. The Bertz CT molecular complexity index is 866. The molecule has 3 aromatic heterocycles. The van der Waals surface area contributed by atoms with E-state index in [1.807, 2.05) is 49.3 Å². The number of nitrogens with one attached hydrogen (secondary N) is 1. The molecule has 0 saturated heterocycles. The van der Waals surface area contributed by atoms with Gasteiger partial charge in [-0.25, -0.2) is 0 Å². The summed E-state index contributed by atoms with van der Waals surface area (Å²) in [7, 11) is 1.90. The van der Waals surface area contributed by atoms with Gasteiger partial charge in [0.15, 0.2) is 0 Å². The molecule has 0 aliphatic carbocycles. The monoisotopic (exact) mass is 359 g/mol. The molecule has 0 aromatic carbocycles. The molecule has 3 rings (SSSR count). The average Bonchev–Trinajstić information content (AvgIpc) is 3.27. The highest BCUT2D eigenvalue weighted by Gasteiger charge is 2.18. The first kappa shape index (κ1) is 17.3. The number of hydrogen-bond donors (Lipinski definition) is 1. The van der Waals surface area contributed by atoms with Gasteiger partial charge >= 0.3 is 0 Å². The van der Waals surface area contributed by atoms with Gasteiger partial charge in [0.05, 0.1) is 11.7 Å². The van der Waals surface area contributed by atoms with Crippen LogP contribution < -0.4 is 5.32 Å². The topological polar surface area (TPSA) is 85.8 Å². The first-order valence-electron chi connectivity index (χ1n) is 8.10. The Labute approximate surface area is 150 Å². The smallest absolute Gasteiger partial charge is 0.227 e. The van der Waals surface area contributed by atoms with Crippen molar-refractivity contribution in [1.82, 2.24) is 25.2 Å². The first-order chi connectivity index (χ1) is 12.0. The fourth-order valence-electron chi connectivity index (χ4n) is 2.89. The highest BCUT2D eigenvalue weighted by Crippen LogP contribution is 2.21. The molecule has 132 valence electrons. The lowest BCUT2D eigenvalue weighted by Crippen LogP contribution is -2.27. The van der Waals surface area contributed by atoms with Crippen LogP contribution in [0.5, 0.6) is 0 Å². The highest BCUT2D eigenvalue weighted by atomic mass is 32.1. The van der Waals surface area contributed by atoms with E-state index in [2.05, 4.69) is 20.6 Å². The molecule has 1 unspecified atom stereocenters. The molecule has 8 heteroatoms.